The van der Waals surface area contributed by atoms with E-state index in [4.69, 9.17) is 0 Å². The van der Waals surface area contributed by atoms with Gasteiger partial charge in [0.25, 0.3) is 6.43 Å². The normalized spacial score (nSPS) is 21.1. The topological polar surface area (TPSA) is 0 Å². The predicted molar refractivity (Wildman–Crippen MR) is 96.9 cm³/mol. The van der Waals surface area contributed by atoms with Crippen LogP contribution < -0.4 is 0 Å². The summed E-state index contributed by atoms with van der Waals surface area (Å²) in [6.45, 7) is -0.341. The van der Waals surface area contributed by atoms with Crippen LogP contribution in [0.4, 0.5) is 26.3 Å². The average molecular weight is 400 g/mol. The van der Waals surface area contributed by atoms with Crippen molar-refractivity contribution in [2.45, 2.75) is 50.6 Å². The van der Waals surface area contributed by atoms with Gasteiger partial charge in [-0.3, -0.25) is 4.39 Å². The van der Waals surface area contributed by atoms with Crippen molar-refractivity contribution in [1.29, 1.82) is 0 Å². The summed E-state index contributed by atoms with van der Waals surface area (Å²) in [5.74, 6) is -1.10. The first-order valence-electron chi connectivity index (χ1n) is 9.48. The van der Waals surface area contributed by atoms with Gasteiger partial charge in [-0.25, -0.2) is 22.0 Å². The molecule has 6 heteroatoms. The molecule has 1 fully saturated rings. The van der Waals surface area contributed by atoms with Crippen LogP contribution in [-0.4, -0.2) is 13.1 Å². The van der Waals surface area contributed by atoms with Crippen molar-refractivity contribution >= 4 is 0 Å². The fourth-order valence-electron chi connectivity index (χ4n) is 4.02. The molecule has 1 unspecified atom stereocenters. The molecule has 3 rings (SSSR count). The highest BCUT2D eigenvalue weighted by molar-refractivity contribution is 5.66. The van der Waals surface area contributed by atoms with Crippen molar-refractivity contribution in [3.8, 4) is 11.1 Å². The third-order valence-corrected chi connectivity index (χ3v) is 5.64. The van der Waals surface area contributed by atoms with E-state index < -0.39 is 24.2 Å². The highest BCUT2D eigenvalue weighted by Crippen LogP contribution is 2.39. The van der Waals surface area contributed by atoms with E-state index >= 15 is 0 Å². The van der Waals surface area contributed by atoms with E-state index in [0.29, 0.717) is 17.9 Å². The molecule has 0 bridgehead atoms. The van der Waals surface area contributed by atoms with Crippen LogP contribution in [0.3, 0.4) is 0 Å². The Morgan fingerprint density at radius 3 is 1.93 bits per heavy atom. The first kappa shape index (κ1) is 20.7. The van der Waals surface area contributed by atoms with Gasteiger partial charge in [0.05, 0.1) is 12.2 Å². The van der Waals surface area contributed by atoms with Crippen molar-refractivity contribution < 1.29 is 26.3 Å². The van der Waals surface area contributed by atoms with Crippen LogP contribution in [0.1, 0.15) is 55.3 Å². The lowest BCUT2D eigenvalue weighted by Gasteiger charge is -2.28. The zero-order chi connectivity index (χ0) is 20.3. The maximum absolute atomic E-state index is 14.7. The number of benzene rings is 2. The summed E-state index contributed by atoms with van der Waals surface area (Å²) in [6, 6.07) is 7.34. The Morgan fingerprint density at radius 2 is 1.43 bits per heavy atom. The Kier molecular flexibility index (Phi) is 6.68. The van der Waals surface area contributed by atoms with Crippen LogP contribution in [0.25, 0.3) is 11.1 Å². The van der Waals surface area contributed by atoms with Crippen molar-refractivity contribution in [3.63, 3.8) is 0 Å². The van der Waals surface area contributed by atoms with Crippen molar-refractivity contribution in [2.75, 3.05) is 6.67 Å². The molecule has 2 aromatic rings. The molecular formula is C22H22F6. The minimum absolute atomic E-state index is 0.0367. The van der Waals surface area contributed by atoms with Crippen molar-refractivity contribution in [1.82, 2.24) is 0 Å². The van der Waals surface area contributed by atoms with Gasteiger partial charge in [0.15, 0.2) is 6.17 Å². The van der Waals surface area contributed by atoms with E-state index in [-0.39, 0.29) is 29.3 Å². The Morgan fingerprint density at radius 1 is 0.857 bits per heavy atom. The molecule has 1 aliphatic rings. The summed E-state index contributed by atoms with van der Waals surface area (Å²) >= 11 is 0. The van der Waals surface area contributed by atoms with Crippen LogP contribution in [0.2, 0.25) is 0 Å². The number of rotatable bonds is 6. The molecule has 0 N–H and O–H groups in total. The minimum atomic E-state index is -3.15. The number of halogens is 6. The molecule has 28 heavy (non-hydrogen) atoms. The fourth-order valence-corrected chi connectivity index (χ4v) is 4.02. The first-order valence-corrected chi connectivity index (χ1v) is 9.48. The Hall–Kier alpha value is -1.98. The van der Waals surface area contributed by atoms with Gasteiger partial charge in [-0.05, 0) is 72.8 Å². The maximum atomic E-state index is 14.7. The van der Waals surface area contributed by atoms with Gasteiger partial charge >= 0.3 is 0 Å². The second kappa shape index (κ2) is 9.01. The molecule has 0 spiro atoms. The van der Waals surface area contributed by atoms with Gasteiger partial charge in [0, 0.05) is 0 Å². The van der Waals surface area contributed by atoms with Crippen LogP contribution >= 0.6 is 0 Å². The zero-order valence-corrected chi connectivity index (χ0v) is 15.3. The standard InChI is InChI=1S/C22H22F6/c23-10-9-13-1-3-14(4-2-13)17-11-18(24)20(19(25)12-17)15-5-7-16(8-6-15)21(26)22(27)28/h5-8,11-14,21-22H,1-4,9-10H2. The molecule has 1 atom stereocenters. The van der Waals surface area contributed by atoms with E-state index in [1.54, 1.807) is 0 Å². The molecule has 0 aliphatic heterocycles. The summed E-state index contributed by atoms with van der Waals surface area (Å²) in [4.78, 5) is 0. The number of alkyl halides is 4. The van der Waals surface area contributed by atoms with Crippen molar-refractivity contribution in [2.24, 2.45) is 5.92 Å². The van der Waals surface area contributed by atoms with Crippen LogP contribution in [0, 0.1) is 17.6 Å². The summed E-state index contributed by atoms with van der Waals surface area (Å²) in [6.07, 6.45) is -1.83. The lowest BCUT2D eigenvalue weighted by atomic mass is 9.77. The SMILES string of the molecule is FCCC1CCC(c2cc(F)c(-c3ccc(C(F)C(F)F)cc3)c(F)c2)CC1. The molecule has 152 valence electrons. The molecule has 0 nitrogen and oxygen atoms in total. The molecule has 0 saturated heterocycles. The van der Waals surface area contributed by atoms with Crippen LogP contribution in [0.5, 0.6) is 0 Å². The molecule has 0 radical (unpaired) electrons. The zero-order valence-electron chi connectivity index (χ0n) is 15.3. The quantitative estimate of drug-likeness (QED) is 0.439. The number of hydrogen-bond acceptors (Lipinski definition) is 0. The average Bonchev–Trinajstić information content (AvgIpc) is 2.68. The van der Waals surface area contributed by atoms with Crippen molar-refractivity contribution in [3.05, 3.63) is 59.2 Å². The summed E-state index contributed by atoms with van der Waals surface area (Å²) in [5, 5.41) is 0. The molecule has 1 aliphatic carbocycles. The van der Waals surface area contributed by atoms with Gasteiger partial charge in [0.2, 0.25) is 0 Å². The van der Waals surface area contributed by atoms with E-state index in [9.17, 15) is 26.3 Å². The molecule has 1 saturated carbocycles. The lowest BCUT2D eigenvalue weighted by Crippen LogP contribution is -2.14. The maximum Gasteiger partial charge on any atom is 0.273 e. The molecule has 2 aromatic carbocycles. The van der Waals surface area contributed by atoms with Gasteiger partial charge in [0.1, 0.15) is 11.6 Å². The molecule has 0 heterocycles. The second-order valence-corrected chi connectivity index (χ2v) is 7.41. The monoisotopic (exact) mass is 400 g/mol. The second-order valence-electron chi connectivity index (χ2n) is 7.41. The smallest absolute Gasteiger partial charge is 0.251 e. The van der Waals surface area contributed by atoms with Crippen LogP contribution in [-0.2, 0) is 0 Å². The third-order valence-electron chi connectivity index (χ3n) is 5.64. The predicted octanol–water partition coefficient (Wildman–Crippen LogP) is 7.54. The van der Waals surface area contributed by atoms with Gasteiger partial charge < -0.3 is 0 Å². The Bertz CT molecular complexity index is 755. The Labute approximate surface area is 160 Å². The molecule has 0 amide bonds. The van der Waals surface area contributed by atoms with Gasteiger partial charge in [-0.2, -0.15) is 0 Å². The fraction of sp³-hybridized carbons (Fsp3) is 0.455. The molecular weight excluding hydrogens is 378 g/mol. The third kappa shape index (κ3) is 4.53. The molecule has 0 aromatic heterocycles. The van der Waals surface area contributed by atoms with E-state index in [2.05, 4.69) is 0 Å². The van der Waals surface area contributed by atoms with E-state index in [1.807, 2.05) is 0 Å². The van der Waals surface area contributed by atoms with E-state index in [0.717, 1.165) is 37.8 Å². The number of hydrogen-bond donors (Lipinski definition) is 0. The summed E-state index contributed by atoms with van der Waals surface area (Å²) in [7, 11) is 0. The Balaban J connectivity index is 1.79. The van der Waals surface area contributed by atoms with Crippen LogP contribution in [0.15, 0.2) is 36.4 Å². The highest BCUT2D eigenvalue weighted by Gasteiger charge is 2.25. The largest absolute Gasteiger partial charge is 0.273 e. The van der Waals surface area contributed by atoms with E-state index in [1.165, 1.54) is 24.3 Å². The summed E-state index contributed by atoms with van der Waals surface area (Å²) in [5.41, 5.74) is 0.254. The lowest BCUT2D eigenvalue weighted by molar-refractivity contribution is 0.0496. The first-order chi connectivity index (χ1) is 13.4. The minimum Gasteiger partial charge on any atom is -0.251 e. The van der Waals surface area contributed by atoms with Gasteiger partial charge in [-0.15, -0.1) is 0 Å². The summed E-state index contributed by atoms with van der Waals surface area (Å²) < 4.78 is 80.0. The van der Waals surface area contributed by atoms with Gasteiger partial charge in [-0.1, -0.05) is 24.3 Å². The highest BCUT2D eigenvalue weighted by atomic mass is 19.3.